The van der Waals surface area contributed by atoms with Crippen molar-refractivity contribution in [2.45, 2.75) is 13.8 Å². The fraction of sp³-hybridized carbons (Fsp3) is 0.529. The Kier molecular flexibility index (Phi) is 6.62. The Morgan fingerprint density at radius 3 is 2.00 bits per heavy atom. The lowest BCUT2D eigenvalue weighted by molar-refractivity contribution is 0.122. The molecule has 1 saturated heterocycles. The van der Waals surface area contributed by atoms with Crippen LogP contribution in [-0.4, -0.2) is 50.8 Å². The Balaban J connectivity index is 2.32. The Morgan fingerprint density at radius 2 is 1.50 bits per heavy atom. The van der Waals surface area contributed by atoms with E-state index in [2.05, 4.69) is 0 Å². The van der Waals surface area contributed by atoms with Gasteiger partial charge in [-0.1, -0.05) is 26.0 Å². The molecule has 134 valence electrons. The normalized spacial score (nSPS) is 15.7. The van der Waals surface area contributed by atoms with Crippen molar-refractivity contribution in [1.29, 1.82) is 0 Å². The third kappa shape index (κ3) is 3.89. The van der Waals surface area contributed by atoms with Crippen molar-refractivity contribution in [2.75, 3.05) is 50.8 Å². The van der Waals surface area contributed by atoms with E-state index in [1.807, 2.05) is 18.7 Å². The van der Waals surface area contributed by atoms with Gasteiger partial charge in [0.15, 0.2) is 23.3 Å². The molecule has 0 bridgehead atoms. The highest BCUT2D eigenvalue weighted by Gasteiger charge is 2.28. The topological polar surface area (TPSA) is 15.7 Å². The van der Waals surface area contributed by atoms with Crippen LogP contribution in [0.25, 0.3) is 6.08 Å². The van der Waals surface area contributed by atoms with Crippen molar-refractivity contribution < 1.29 is 22.3 Å². The summed E-state index contributed by atoms with van der Waals surface area (Å²) in [6, 6.07) is 0. The molecule has 1 aromatic rings. The van der Waals surface area contributed by atoms with Crippen molar-refractivity contribution in [3.8, 4) is 0 Å². The van der Waals surface area contributed by atoms with E-state index in [-0.39, 0.29) is 26.3 Å². The molecule has 3 nitrogen and oxygen atoms in total. The average Bonchev–Trinajstić information content (AvgIpc) is 2.61. The summed E-state index contributed by atoms with van der Waals surface area (Å²) >= 11 is 0. The van der Waals surface area contributed by atoms with Gasteiger partial charge in [-0.25, -0.2) is 17.6 Å². The van der Waals surface area contributed by atoms with Gasteiger partial charge in [-0.2, -0.15) is 0 Å². The molecule has 7 heteroatoms. The second-order valence-electron chi connectivity index (χ2n) is 5.51. The Hall–Kier alpha value is -1.60. The summed E-state index contributed by atoms with van der Waals surface area (Å²) in [7, 11) is 0. The summed E-state index contributed by atoms with van der Waals surface area (Å²) < 4.78 is 62.2. The fourth-order valence-electron chi connectivity index (χ4n) is 2.65. The number of hydrogen-bond donors (Lipinski definition) is 0. The standard InChI is InChI=1S/C17H22F4N2O/c1-3-22(4-2)7-5-6-12-13(18)15(20)17(16(21)14(12)19)23-8-10-24-11-9-23/h5-6H,3-4,7-11H2,1-2H3. The summed E-state index contributed by atoms with van der Waals surface area (Å²) in [5, 5.41) is 0. The van der Waals surface area contributed by atoms with Gasteiger partial charge in [0.1, 0.15) is 5.69 Å². The molecule has 1 fully saturated rings. The summed E-state index contributed by atoms with van der Waals surface area (Å²) in [6.45, 7) is 6.77. The Morgan fingerprint density at radius 1 is 0.958 bits per heavy atom. The summed E-state index contributed by atoms with van der Waals surface area (Å²) in [4.78, 5) is 3.27. The molecule has 0 atom stereocenters. The molecule has 0 aliphatic carbocycles. The van der Waals surface area contributed by atoms with Crippen molar-refractivity contribution >= 4 is 11.8 Å². The van der Waals surface area contributed by atoms with Crippen LogP contribution in [0.1, 0.15) is 19.4 Å². The SMILES string of the molecule is CCN(CC)CC=Cc1c(F)c(F)c(N2CCOCC2)c(F)c1F. The Labute approximate surface area is 139 Å². The van der Waals surface area contributed by atoms with Crippen LogP contribution in [0.2, 0.25) is 0 Å². The van der Waals surface area contributed by atoms with Gasteiger partial charge < -0.3 is 14.5 Å². The highest BCUT2D eigenvalue weighted by molar-refractivity contribution is 5.60. The second kappa shape index (κ2) is 8.48. The first-order chi connectivity index (χ1) is 11.5. The van der Waals surface area contributed by atoms with Crippen LogP contribution in [0.15, 0.2) is 6.08 Å². The van der Waals surface area contributed by atoms with Gasteiger partial charge in [0.25, 0.3) is 0 Å². The molecule has 0 N–H and O–H groups in total. The van der Waals surface area contributed by atoms with Crippen molar-refractivity contribution in [3.05, 3.63) is 34.9 Å². The number of halogens is 4. The zero-order chi connectivity index (χ0) is 17.7. The van der Waals surface area contributed by atoms with E-state index in [1.54, 1.807) is 0 Å². The molecule has 24 heavy (non-hydrogen) atoms. The van der Waals surface area contributed by atoms with Gasteiger partial charge in [-0.3, -0.25) is 0 Å². The molecule has 0 saturated carbocycles. The average molecular weight is 346 g/mol. The van der Waals surface area contributed by atoms with Crippen LogP contribution in [0.3, 0.4) is 0 Å². The predicted octanol–water partition coefficient (Wildman–Crippen LogP) is 3.43. The zero-order valence-electron chi connectivity index (χ0n) is 13.9. The number of hydrogen-bond acceptors (Lipinski definition) is 3. The van der Waals surface area contributed by atoms with Gasteiger partial charge in [-0.05, 0) is 13.1 Å². The van der Waals surface area contributed by atoms with Crippen molar-refractivity contribution in [1.82, 2.24) is 4.90 Å². The van der Waals surface area contributed by atoms with E-state index in [0.29, 0.717) is 6.54 Å². The smallest absolute Gasteiger partial charge is 0.185 e. The number of nitrogens with zero attached hydrogens (tertiary/aromatic N) is 2. The van der Waals surface area contributed by atoms with E-state index in [9.17, 15) is 17.6 Å². The minimum atomic E-state index is -1.37. The third-order valence-electron chi connectivity index (χ3n) is 4.14. The van der Waals surface area contributed by atoms with Gasteiger partial charge in [0, 0.05) is 19.6 Å². The van der Waals surface area contributed by atoms with Gasteiger partial charge in [0.05, 0.1) is 18.8 Å². The molecule has 1 aliphatic rings. The maximum absolute atomic E-state index is 14.3. The second-order valence-corrected chi connectivity index (χ2v) is 5.51. The monoisotopic (exact) mass is 346 g/mol. The number of anilines is 1. The molecular formula is C17H22F4N2O. The van der Waals surface area contributed by atoms with Gasteiger partial charge in [-0.15, -0.1) is 0 Å². The number of morpholine rings is 1. The summed E-state index contributed by atoms with van der Waals surface area (Å²) in [5.41, 5.74) is -1.34. The number of ether oxygens (including phenoxy) is 1. The molecule has 0 amide bonds. The first-order valence-corrected chi connectivity index (χ1v) is 8.08. The molecule has 2 rings (SSSR count). The van der Waals surface area contributed by atoms with Crippen molar-refractivity contribution in [2.24, 2.45) is 0 Å². The minimum Gasteiger partial charge on any atom is -0.378 e. The minimum absolute atomic E-state index is 0.184. The van der Waals surface area contributed by atoms with Crippen LogP contribution in [0, 0.1) is 23.3 Å². The molecule has 1 aromatic carbocycles. The van der Waals surface area contributed by atoms with Crippen LogP contribution < -0.4 is 4.90 Å². The molecule has 0 radical (unpaired) electrons. The maximum atomic E-state index is 14.3. The zero-order valence-corrected chi connectivity index (χ0v) is 13.9. The fourth-order valence-corrected chi connectivity index (χ4v) is 2.65. The molecule has 0 aromatic heterocycles. The predicted molar refractivity (Wildman–Crippen MR) is 86.1 cm³/mol. The van der Waals surface area contributed by atoms with Crippen LogP contribution in [-0.2, 0) is 4.74 Å². The van der Waals surface area contributed by atoms with Crippen LogP contribution in [0.4, 0.5) is 23.2 Å². The van der Waals surface area contributed by atoms with Crippen LogP contribution in [0.5, 0.6) is 0 Å². The lowest BCUT2D eigenvalue weighted by Gasteiger charge is -2.29. The van der Waals surface area contributed by atoms with E-state index < -0.39 is 34.5 Å². The van der Waals surface area contributed by atoms with E-state index in [4.69, 9.17) is 4.74 Å². The Bertz CT molecular complexity index is 568. The third-order valence-corrected chi connectivity index (χ3v) is 4.14. The maximum Gasteiger partial charge on any atom is 0.185 e. The number of likely N-dealkylation sites (N-methyl/N-ethyl adjacent to an activating group) is 1. The van der Waals surface area contributed by atoms with Crippen molar-refractivity contribution in [3.63, 3.8) is 0 Å². The number of rotatable bonds is 6. The van der Waals surface area contributed by atoms with E-state index in [1.165, 1.54) is 11.0 Å². The van der Waals surface area contributed by atoms with E-state index in [0.717, 1.165) is 19.2 Å². The van der Waals surface area contributed by atoms with Crippen LogP contribution >= 0.6 is 0 Å². The first-order valence-electron chi connectivity index (χ1n) is 8.08. The highest BCUT2D eigenvalue weighted by atomic mass is 19.2. The molecule has 1 aliphatic heterocycles. The van der Waals surface area contributed by atoms with E-state index >= 15 is 0 Å². The largest absolute Gasteiger partial charge is 0.378 e. The molecule has 0 unspecified atom stereocenters. The lowest BCUT2D eigenvalue weighted by atomic mass is 10.1. The summed E-state index contributed by atoms with van der Waals surface area (Å²) in [6.07, 6.45) is 2.60. The quantitative estimate of drug-likeness (QED) is 0.580. The lowest BCUT2D eigenvalue weighted by Crippen LogP contribution is -2.37. The first kappa shape index (κ1) is 18.7. The molecule has 0 spiro atoms. The molecular weight excluding hydrogens is 324 g/mol. The number of benzene rings is 1. The molecule has 1 heterocycles. The summed E-state index contributed by atoms with van der Waals surface area (Å²) in [5.74, 6) is -5.46. The van der Waals surface area contributed by atoms with Gasteiger partial charge in [0.2, 0.25) is 0 Å². The highest BCUT2D eigenvalue weighted by Crippen LogP contribution is 2.32. The van der Waals surface area contributed by atoms with Gasteiger partial charge >= 0.3 is 0 Å².